The Hall–Kier alpha value is -2.75. The SMILES string of the molecule is CC(C)NC(=O)c1cc2ccc(OCc3ccccc3)cc2[nH]1. The van der Waals surface area contributed by atoms with Gasteiger partial charge in [0.1, 0.15) is 18.1 Å². The zero-order chi connectivity index (χ0) is 16.2. The van der Waals surface area contributed by atoms with Gasteiger partial charge in [0.25, 0.3) is 5.91 Å². The van der Waals surface area contributed by atoms with Gasteiger partial charge in [-0.1, -0.05) is 30.3 Å². The minimum Gasteiger partial charge on any atom is -0.489 e. The van der Waals surface area contributed by atoms with Crippen molar-refractivity contribution in [2.45, 2.75) is 26.5 Å². The van der Waals surface area contributed by atoms with E-state index in [4.69, 9.17) is 4.74 Å². The first-order valence-corrected chi connectivity index (χ1v) is 7.72. The molecule has 0 bridgehead atoms. The summed E-state index contributed by atoms with van der Waals surface area (Å²) < 4.78 is 5.81. The van der Waals surface area contributed by atoms with E-state index in [0.717, 1.165) is 22.2 Å². The standard InChI is InChI=1S/C19H20N2O2/c1-13(2)20-19(22)18-10-15-8-9-16(11-17(15)21-18)23-12-14-6-4-3-5-7-14/h3-11,13,21H,12H2,1-2H3,(H,20,22). The van der Waals surface area contributed by atoms with Crippen molar-refractivity contribution in [3.8, 4) is 5.75 Å². The summed E-state index contributed by atoms with van der Waals surface area (Å²) in [6, 6.07) is 17.8. The molecule has 0 fully saturated rings. The Kier molecular flexibility index (Phi) is 4.33. The van der Waals surface area contributed by atoms with Crippen LogP contribution in [0.15, 0.2) is 54.6 Å². The third kappa shape index (κ3) is 3.72. The summed E-state index contributed by atoms with van der Waals surface area (Å²) in [6.07, 6.45) is 0. The van der Waals surface area contributed by atoms with Crippen molar-refractivity contribution in [2.24, 2.45) is 0 Å². The molecule has 3 aromatic rings. The fourth-order valence-electron chi connectivity index (χ4n) is 2.40. The molecule has 3 rings (SSSR count). The Morgan fingerprint density at radius 3 is 2.65 bits per heavy atom. The van der Waals surface area contributed by atoms with E-state index in [-0.39, 0.29) is 11.9 Å². The van der Waals surface area contributed by atoms with Crippen LogP contribution in [0.1, 0.15) is 29.9 Å². The number of hydrogen-bond acceptors (Lipinski definition) is 2. The number of aromatic nitrogens is 1. The number of rotatable bonds is 5. The first-order valence-electron chi connectivity index (χ1n) is 7.72. The van der Waals surface area contributed by atoms with Crippen LogP contribution in [0.25, 0.3) is 10.9 Å². The second kappa shape index (κ2) is 6.57. The predicted octanol–water partition coefficient (Wildman–Crippen LogP) is 3.89. The van der Waals surface area contributed by atoms with Crippen molar-refractivity contribution in [3.05, 3.63) is 65.9 Å². The Morgan fingerprint density at radius 1 is 1.13 bits per heavy atom. The largest absolute Gasteiger partial charge is 0.489 e. The monoisotopic (exact) mass is 308 g/mol. The maximum Gasteiger partial charge on any atom is 0.267 e. The molecule has 23 heavy (non-hydrogen) atoms. The molecule has 118 valence electrons. The molecular weight excluding hydrogens is 288 g/mol. The Morgan fingerprint density at radius 2 is 1.91 bits per heavy atom. The van der Waals surface area contributed by atoms with Crippen molar-refractivity contribution in [3.63, 3.8) is 0 Å². The number of carbonyl (C=O) groups is 1. The summed E-state index contributed by atoms with van der Waals surface area (Å²) in [5, 5.41) is 3.87. The van der Waals surface area contributed by atoms with Crippen LogP contribution in [0, 0.1) is 0 Å². The van der Waals surface area contributed by atoms with Crippen molar-refractivity contribution < 1.29 is 9.53 Å². The lowest BCUT2D eigenvalue weighted by Gasteiger charge is -2.06. The highest BCUT2D eigenvalue weighted by Gasteiger charge is 2.10. The van der Waals surface area contributed by atoms with E-state index in [0.29, 0.717) is 12.3 Å². The van der Waals surface area contributed by atoms with E-state index in [1.54, 1.807) is 0 Å². The molecule has 4 heteroatoms. The molecule has 0 aliphatic heterocycles. The second-order valence-corrected chi connectivity index (χ2v) is 5.83. The summed E-state index contributed by atoms with van der Waals surface area (Å²) in [5.74, 6) is 0.682. The van der Waals surface area contributed by atoms with E-state index < -0.39 is 0 Å². The number of aromatic amines is 1. The lowest BCUT2D eigenvalue weighted by molar-refractivity contribution is 0.0939. The average molecular weight is 308 g/mol. The zero-order valence-electron chi connectivity index (χ0n) is 13.3. The molecule has 1 amide bonds. The number of hydrogen-bond donors (Lipinski definition) is 2. The summed E-state index contributed by atoms with van der Waals surface area (Å²) in [4.78, 5) is 15.2. The normalized spacial score (nSPS) is 10.9. The van der Waals surface area contributed by atoms with Crippen molar-refractivity contribution in [1.82, 2.24) is 10.3 Å². The molecule has 0 aliphatic carbocycles. The van der Waals surface area contributed by atoms with E-state index in [1.165, 1.54) is 0 Å². The molecule has 0 spiro atoms. The molecular formula is C19H20N2O2. The van der Waals surface area contributed by atoms with Gasteiger partial charge in [-0.05, 0) is 37.6 Å². The molecule has 2 aromatic carbocycles. The molecule has 4 nitrogen and oxygen atoms in total. The minimum atomic E-state index is -0.0945. The third-order valence-corrected chi connectivity index (χ3v) is 3.51. The lowest BCUT2D eigenvalue weighted by Crippen LogP contribution is -2.30. The number of H-pyrrole nitrogens is 1. The number of ether oxygens (including phenoxy) is 1. The van der Waals surface area contributed by atoms with Crippen molar-refractivity contribution in [1.29, 1.82) is 0 Å². The molecule has 0 saturated heterocycles. The van der Waals surface area contributed by atoms with Crippen LogP contribution >= 0.6 is 0 Å². The predicted molar refractivity (Wildman–Crippen MR) is 91.7 cm³/mol. The molecule has 0 radical (unpaired) electrons. The number of carbonyl (C=O) groups excluding carboxylic acids is 1. The van der Waals surface area contributed by atoms with Gasteiger partial charge in [-0.3, -0.25) is 4.79 Å². The Labute approximate surface area is 135 Å². The third-order valence-electron chi connectivity index (χ3n) is 3.51. The molecule has 0 aliphatic rings. The minimum absolute atomic E-state index is 0.0945. The molecule has 1 heterocycles. The molecule has 2 N–H and O–H groups in total. The fraction of sp³-hybridized carbons (Fsp3) is 0.211. The van der Waals surface area contributed by atoms with E-state index in [2.05, 4.69) is 10.3 Å². The van der Waals surface area contributed by atoms with Gasteiger partial charge in [-0.2, -0.15) is 0 Å². The van der Waals surface area contributed by atoms with Crippen molar-refractivity contribution >= 4 is 16.8 Å². The maximum atomic E-state index is 12.0. The van der Waals surface area contributed by atoms with Gasteiger partial charge in [0.2, 0.25) is 0 Å². The van der Waals surface area contributed by atoms with Crippen LogP contribution in [0.4, 0.5) is 0 Å². The fourth-order valence-corrected chi connectivity index (χ4v) is 2.40. The van der Waals surface area contributed by atoms with Gasteiger partial charge in [0, 0.05) is 23.0 Å². The van der Waals surface area contributed by atoms with Gasteiger partial charge < -0.3 is 15.0 Å². The first-order chi connectivity index (χ1) is 11.1. The van der Waals surface area contributed by atoms with Crippen LogP contribution in [0.5, 0.6) is 5.75 Å². The molecule has 1 aromatic heterocycles. The first kappa shape index (κ1) is 15.2. The topological polar surface area (TPSA) is 54.1 Å². The molecule has 0 unspecified atom stereocenters. The zero-order valence-corrected chi connectivity index (χ0v) is 13.3. The van der Waals surface area contributed by atoms with Crippen LogP contribution in [0.3, 0.4) is 0 Å². The van der Waals surface area contributed by atoms with E-state index in [1.807, 2.05) is 68.4 Å². The quantitative estimate of drug-likeness (QED) is 0.751. The lowest BCUT2D eigenvalue weighted by atomic mass is 10.2. The molecule has 0 atom stereocenters. The molecule has 0 saturated carbocycles. The van der Waals surface area contributed by atoms with Crippen LogP contribution in [0.2, 0.25) is 0 Å². The van der Waals surface area contributed by atoms with Gasteiger partial charge in [0.15, 0.2) is 0 Å². The average Bonchev–Trinajstić information content (AvgIpc) is 2.96. The number of fused-ring (bicyclic) bond motifs is 1. The van der Waals surface area contributed by atoms with Crippen molar-refractivity contribution in [2.75, 3.05) is 0 Å². The summed E-state index contributed by atoms with van der Waals surface area (Å²) in [5.41, 5.74) is 2.58. The van der Waals surface area contributed by atoms with E-state index >= 15 is 0 Å². The van der Waals surface area contributed by atoms with Crippen LogP contribution in [-0.2, 0) is 6.61 Å². The summed E-state index contributed by atoms with van der Waals surface area (Å²) in [6.45, 7) is 4.40. The van der Waals surface area contributed by atoms with Gasteiger partial charge in [-0.25, -0.2) is 0 Å². The van der Waals surface area contributed by atoms with E-state index in [9.17, 15) is 4.79 Å². The summed E-state index contributed by atoms with van der Waals surface area (Å²) in [7, 11) is 0. The Balaban J connectivity index is 1.75. The highest BCUT2D eigenvalue weighted by Crippen LogP contribution is 2.22. The number of benzene rings is 2. The van der Waals surface area contributed by atoms with Crippen LogP contribution < -0.4 is 10.1 Å². The smallest absolute Gasteiger partial charge is 0.267 e. The highest BCUT2D eigenvalue weighted by atomic mass is 16.5. The number of nitrogens with one attached hydrogen (secondary N) is 2. The Bertz CT molecular complexity index is 807. The second-order valence-electron chi connectivity index (χ2n) is 5.83. The van der Waals surface area contributed by atoms with Gasteiger partial charge in [0.05, 0.1) is 0 Å². The highest BCUT2D eigenvalue weighted by molar-refractivity contribution is 5.98. The summed E-state index contributed by atoms with van der Waals surface area (Å²) >= 11 is 0. The van der Waals surface area contributed by atoms with Gasteiger partial charge >= 0.3 is 0 Å². The van der Waals surface area contributed by atoms with Gasteiger partial charge in [-0.15, -0.1) is 0 Å². The number of amides is 1. The van der Waals surface area contributed by atoms with Crippen LogP contribution in [-0.4, -0.2) is 16.9 Å². The maximum absolute atomic E-state index is 12.0.